The van der Waals surface area contributed by atoms with E-state index in [9.17, 15) is 9.59 Å². The number of carbonyl (C=O) groups is 2. The highest BCUT2D eigenvalue weighted by molar-refractivity contribution is 7.12. The maximum Gasteiger partial charge on any atom is 0.265 e. The molecule has 0 unspecified atom stereocenters. The summed E-state index contributed by atoms with van der Waals surface area (Å²) in [6, 6.07) is 8.39. The van der Waals surface area contributed by atoms with Gasteiger partial charge in [0.25, 0.3) is 11.8 Å². The number of amides is 2. The van der Waals surface area contributed by atoms with Gasteiger partial charge in [0.15, 0.2) is 0 Å². The Morgan fingerprint density at radius 2 is 2.04 bits per heavy atom. The van der Waals surface area contributed by atoms with Crippen LogP contribution < -0.4 is 11.1 Å². The van der Waals surface area contributed by atoms with Crippen LogP contribution >= 0.6 is 22.9 Å². The fourth-order valence-corrected chi connectivity index (χ4v) is 3.13. The van der Waals surface area contributed by atoms with E-state index in [1.54, 1.807) is 42.3 Å². The summed E-state index contributed by atoms with van der Waals surface area (Å²) in [7, 11) is 1.73. The normalized spacial score (nSPS) is 11.2. The molecule has 0 bridgehead atoms. The second-order valence-corrected chi connectivity index (χ2v) is 8.01. The zero-order valence-corrected chi connectivity index (χ0v) is 16.1. The molecule has 0 aliphatic heterocycles. The number of nitrogens with two attached hydrogens (primary N) is 1. The number of halogens is 1. The molecule has 0 saturated carbocycles. The van der Waals surface area contributed by atoms with Gasteiger partial charge in [-0.05, 0) is 41.6 Å². The summed E-state index contributed by atoms with van der Waals surface area (Å²) in [5, 5.41) is 4.96. The molecule has 0 spiro atoms. The van der Waals surface area contributed by atoms with E-state index in [4.69, 9.17) is 17.3 Å². The van der Waals surface area contributed by atoms with Crippen LogP contribution in [0.1, 0.15) is 33.9 Å². The van der Waals surface area contributed by atoms with Gasteiger partial charge in [-0.1, -0.05) is 31.5 Å². The molecule has 3 N–H and O–H groups in total. The number of thiophene rings is 1. The molecule has 5 nitrogen and oxygen atoms in total. The molecular formula is C18H22ClN3O2S. The average molecular weight is 380 g/mol. The van der Waals surface area contributed by atoms with Crippen molar-refractivity contribution in [3.8, 4) is 0 Å². The third kappa shape index (κ3) is 5.04. The van der Waals surface area contributed by atoms with E-state index in [0.717, 1.165) is 0 Å². The third-order valence-electron chi connectivity index (χ3n) is 3.77. The van der Waals surface area contributed by atoms with E-state index >= 15 is 0 Å². The number of anilines is 1. The second kappa shape index (κ2) is 7.99. The Balaban J connectivity index is 2.17. The maximum atomic E-state index is 12.6. The van der Waals surface area contributed by atoms with Crippen LogP contribution in [0.4, 0.5) is 5.69 Å². The molecule has 0 fully saturated rings. The van der Waals surface area contributed by atoms with Crippen molar-refractivity contribution in [1.82, 2.24) is 4.90 Å². The first-order valence-electron chi connectivity index (χ1n) is 7.83. The van der Waals surface area contributed by atoms with Crippen LogP contribution in [-0.2, 0) is 0 Å². The van der Waals surface area contributed by atoms with Crippen molar-refractivity contribution >= 4 is 40.4 Å². The Morgan fingerprint density at radius 3 is 2.64 bits per heavy atom. The Labute approximate surface area is 156 Å². The summed E-state index contributed by atoms with van der Waals surface area (Å²) in [4.78, 5) is 27.1. The molecule has 1 heterocycles. The smallest absolute Gasteiger partial charge is 0.265 e. The lowest BCUT2D eigenvalue weighted by Crippen LogP contribution is -2.39. The zero-order chi connectivity index (χ0) is 18.6. The number of nitrogens with one attached hydrogen (secondary N) is 1. The first-order valence-corrected chi connectivity index (χ1v) is 9.09. The second-order valence-electron chi connectivity index (χ2n) is 6.66. The monoisotopic (exact) mass is 379 g/mol. The van der Waals surface area contributed by atoms with Gasteiger partial charge in [-0.15, -0.1) is 11.3 Å². The standard InChI is InChI=1S/C18H22ClN3O2S/c1-18(2,10-20)11-22(3)17(24)12-6-7-13(19)14(9-12)21-16(23)15-5-4-8-25-15/h4-9H,10-11,20H2,1-3H3,(H,21,23). The summed E-state index contributed by atoms with van der Waals surface area (Å²) < 4.78 is 0. The van der Waals surface area contributed by atoms with Crippen LogP contribution in [-0.4, -0.2) is 36.9 Å². The van der Waals surface area contributed by atoms with Crippen LogP contribution in [0.2, 0.25) is 5.02 Å². The van der Waals surface area contributed by atoms with E-state index in [-0.39, 0.29) is 17.2 Å². The molecule has 25 heavy (non-hydrogen) atoms. The van der Waals surface area contributed by atoms with E-state index in [1.165, 1.54) is 11.3 Å². The minimum atomic E-state index is -0.251. The number of rotatable bonds is 6. The molecule has 1 aromatic heterocycles. The Morgan fingerprint density at radius 1 is 1.32 bits per heavy atom. The molecule has 2 rings (SSSR count). The summed E-state index contributed by atoms with van der Waals surface area (Å²) in [6.07, 6.45) is 0. The van der Waals surface area contributed by atoms with E-state index in [1.807, 2.05) is 19.2 Å². The van der Waals surface area contributed by atoms with Crippen molar-refractivity contribution in [2.45, 2.75) is 13.8 Å². The topological polar surface area (TPSA) is 75.4 Å². The lowest BCUT2D eigenvalue weighted by Gasteiger charge is -2.29. The van der Waals surface area contributed by atoms with Crippen LogP contribution in [0.5, 0.6) is 0 Å². The van der Waals surface area contributed by atoms with Gasteiger partial charge in [0, 0.05) is 19.2 Å². The first-order chi connectivity index (χ1) is 11.7. The van der Waals surface area contributed by atoms with E-state index < -0.39 is 0 Å². The fraction of sp³-hybridized carbons (Fsp3) is 0.333. The predicted octanol–water partition coefficient (Wildman–Crippen LogP) is 3.71. The van der Waals surface area contributed by atoms with Crippen LogP contribution in [0.15, 0.2) is 35.7 Å². The van der Waals surface area contributed by atoms with Crippen molar-refractivity contribution in [3.05, 3.63) is 51.2 Å². The number of hydrogen-bond donors (Lipinski definition) is 2. The lowest BCUT2D eigenvalue weighted by molar-refractivity contribution is 0.0740. The molecule has 7 heteroatoms. The quantitative estimate of drug-likeness (QED) is 0.803. The Hall–Kier alpha value is -1.89. The van der Waals surface area contributed by atoms with Crippen molar-refractivity contribution in [3.63, 3.8) is 0 Å². The maximum absolute atomic E-state index is 12.6. The minimum absolute atomic E-state index is 0.148. The number of carbonyl (C=O) groups excluding carboxylic acids is 2. The molecule has 2 aromatic rings. The molecule has 0 aliphatic carbocycles. The first kappa shape index (κ1) is 19.4. The van der Waals surface area contributed by atoms with Crippen LogP contribution in [0.25, 0.3) is 0 Å². The van der Waals surface area contributed by atoms with Crippen LogP contribution in [0.3, 0.4) is 0 Å². The highest BCUT2D eigenvalue weighted by Crippen LogP contribution is 2.25. The highest BCUT2D eigenvalue weighted by atomic mass is 35.5. The Bertz CT molecular complexity index is 760. The molecule has 134 valence electrons. The van der Waals surface area contributed by atoms with Gasteiger partial charge in [-0.25, -0.2) is 0 Å². The summed E-state index contributed by atoms with van der Waals surface area (Å²) in [5.41, 5.74) is 6.44. The van der Waals surface area contributed by atoms with Crippen molar-refractivity contribution in [2.24, 2.45) is 11.1 Å². The van der Waals surface area contributed by atoms with E-state index in [0.29, 0.717) is 34.2 Å². The third-order valence-corrected chi connectivity index (χ3v) is 4.97. The van der Waals surface area contributed by atoms with Gasteiger partial charge in [-0.2, -0.15) is 0 Å². The molecule has 1 aromatic carbocycles. The van der Waals surface area contributed by atoms with Gasteiger partial charge < -0.3 is 16.0 Å². The average Bonchev–Trinajstić information content (AvgIpc) is 3.10. The van der Waals surface area contributed by atoms with Gasteiger partial charge in [-0.3, -0.25) is 9.59 Å². The SMILES string of the molecule is CN(CC(C)(C)CN)C(=O)c1ccc(Cl)c(NC(=O)c2cccs2)c1. The largest absolute Gasteiger partial charge is 0.341 e. The predicted molar refractivity (Wildman–Crippen MR) is 104 cm³/mol. The number of benzene rings is 1. The highest BCUT2D eigenvalue weighted by Gasteiger charge is 2.22. The number of hydrogen-bond acceptors (Lipinski definition) is 4. The van der Waals surface area contributed by atoms with Crippen molar-refractivity contribution < 1.29 is 9.59 Å². The summed E-state index contributed by atoms with van der Waals surface area (Å²) >= 11 is 7.50. The van der Waals surface area contributed by atoms with Gasteiger partial charge >= 0.3 is 0 Å². The molecule has 0 aliphatic rings. The molecule has 0 saturated heterocycles. The van der Waals surface area contributed by atoms with Gasteiger partial charge in [0.05, 0.1) is 15.6 Å². The molecule has 0 atom stereocenters. The number of nitrogens with zero attached hydrogens (tertiary/aromatic N) is 1. The van der Waals surface area contributed by atoms with Gasteiger partial charge in [0.2, 0.25) is 0 Å². The lowest BCUT2D eigenvalue weighted by atomic mass is 9.93. The zero-order valence-electron chi connectivity index (χ0n) is 14.5. The summed E-state index contributed by atoms with van der Waals surface area (Å²) in [6.45, 7) is 5.02. The minimum Gasteiger partial charge on any atom is -0.341 e. The van der Waals surface area contributed by atoms with Crippen LogP contribution in [0, 0.1) is 5.41 Å². The summed E-state index contributed by atoms with van der Waals surface area (Å²) in [5.74, 6) is -0.399. The van der Waals surface area contributed by atoms with Gasteiger partial charge in [0.1, 0.15) is 0 Å². The van der Waals surface area contributed by atoms with E-state index in [2.05, 4.69) is 5.32 Å². The molecular weight excluding hydrogens is 358 g/mol. The molecule has 0 radical (unpaired) electrons. The Kier molecular flexibility index (Phi) is 6.21. The van der Waals surface area contributed by atoms with Crippen molar-refractivity contribution in [2.75, 3.05) is 25.5 Å². The molecule has 2 amide bonds. The fourth-order valence-electron chi connectivity index (χ4n) is 2.34. The van der Waals surface area contributed by atoms with Crippen molar-refractivity contribution in [1.29, 1.82) is 0 Å².